The number of carbonyl (C=O) groups excluding carboxylic acids is 1. The van der Waals surface area contributed by atoms with E-state index in [0.717, 1.165) is 16.6 Å². The molecule has 1 saturated heterocycles. The van der Waals surface area contributed by atoms with Gasteiger partial charge in [-0.1, -0.05) is 12.1 Å². The Morgan fingerprint density at radius 3 is 2.79 bits per heavy atom. The van der Waals surface area contributed by atoms with Gasteiger partial charge in [-0.25, -0.2) is 4.39 Å². The molecular formula is C16H17BrCl2FN3O. The molecule has 1 amide bonds. The molecule has 2 heterocycles. The summed E-state index contributed by atoms with van der Waals surface area (Å²) in [7, 11) is 0. The van der Waals surface area contributed by atoms with Crippen LogP contribution < -0.4 is 5.32 Å². The Kier molecular flexibility index (Phi) is 8.09. The summed E-state index contributed by atoms with van der Waals surface area (Å²) in [6.45, 7) is 1.90. The number of nitrogens with zero attached hydrogens (tertiary/aromatic N) is 2. The van der Waals surface area contributed by atoms with Crippen LogP contribution >= 0.6 is 40.7 Å². The summed E-state index contributed by atoms with van der Waals surface area (Å²) in [4.78, 5) is 18.6. The molecule has 0 saturated carbocycles. The van der Waals surface area contributed by atoms with Crippen molar-refractivity contribution in [3.8, 4) is 0 Å². The third kappa shape index (κ3) is 4.66. The number of hydrogen-bond donors (Lipinski definition) is 1. The Labute approximate surface area is 160 Å². The summed E-state index contributed by atoms with van der Waals surface area (Å²) < 4.78 is 14.2. The van der Waals surface area contributed by atoms with Crippen LogP contribution in [-0.4, -0.2) is 35.4 Å². The van der Waals surface area contributed by atoms with Crippen LogP contribution in [0.4, 0.5) is 4.39 Å². The third-order valence-corrected chi connectivity index (χ3v) is 4.12. The Hall–Kier alpha value is -1.21. The van der Waals surface area contributed by atoms with Gasteiger partial charge in [-0.15, -0.1) is 24.8 Å². The Morgan fingerprint density at radius 1 is 1.29 bits per heavy atom. The van der Waals surface area contributed by atoms with Gasteiger partial charge < -0.3 is 10.2 Å². The lowest BCUT2D eigenvalue weighted by Crippen LogP contribution is -2.48. The summed E-state index contributed by atoms with van der Waals surface area (Å²) >= 11 is 3.33. The number of halogens is 4. The van der Waals surface area contributed by atoms with E-state index >= 15 is 0 Å². The van der Waals surface area contributed by atoms with Gasteiger partial charge in [-0.05, 0) is 39.7 Å². The van der Waals surface area contributed by atoms with E-state index in [4.69, 9.17) is 0 Å². The fourth-order valence-electron chi connectivity index (χ4n) is 2.65. The molecule has 0 bridgehead atoms. The number of benzene rings is 1. The normalized spacial score (nSPS) is 16.8. The second-order valence-corrected chi connectivity index (χ2v) is 6.08. The van der Waals surface area contributed by atoms with Crippen molar-refractivity contribution in [2.75, 3.05) is 19.6 Å². The Morgan fingerprint density at radius 2 is 2.08 bits per heavy atom. The summed E-state index contributed by atoms with van der Waals surface area (Å²) in [5.41, 5.74) is 1.32. The van der Waals surface area contributed by atoms with Crippen LogP contribution in [0.15, 0.2) is 47.2 Å². The van der Waals surface area contributed by atoms with Gasteiger partial charge in [0.1, 0.15) is 5.82 Å². The molecule has 0 aliphatic carbocycles. The monoisotopic (exact) mass is 435 g/mol. The van der Waals surface area contributed by atoms with Crippen molar-refractivity contribution in [2.24, 2.45) is 0 Å². The standard InChI is InChI=1S/C16H15BrFN3O.2ClH/c17-13-6-12(8-20-9-13)16(22)21-5-4-19-10-15(21)11-2-1-3-14(18)7-11;;/h1-3,6-9,15,19H,4-5,10H2;2*1H. The summed E-state index contributed by atoms with van der Waals surface area (Å²) in [6.07, 6.45) is 3.19. The van der Waals surface area contributed by atoms with Crippen LogP contribution in [-0.2, 0) is 0 Å². The molecule has 1 aliphatic heterocycles. The second kappa shape index (κ2) is 9.32. The van der Waals surface area contributed by atoms with Gasteiger partial charge in [0.25, 0.3) is 5.91 Å². The molecule has 0 radical (unpaired) electrons. The fourth-order valence-corrected chi connectivity index (χ4v) is 3.02. The first-order valence-electron chi connectivity index (χ1n) is 7.03. The molecule has 1 N–H and O–H groups in total. The second-order valence-electron chi connectivity index (χ2n) is 5.17. The first-order chi connectivity index (χ1) is 10.6. The number of hydrogen-bond acceptors (Lipinski definition) is 3. The molecule has 4 nitrogen and oxygen atoms in total. The van der Waals surface area contributed by atoms with Crippen molar-refractivity contribution < 1.29 is 9.18 Å². The molecule has 24 heavy (non-hydrogen) atoms. The lowest BCUT2D eigenvalue weighted by atomic mass is 10.0. The summed E-state index contributed by atoms with van der Waals surface area (Å²) in [6, 6.07) is 7.97. The molecule has 0 spiro atoms. The van der Waals surface area contributed by atoms with E-state index in [9.17, 15) is 9.18 Å². The highest BCUT2D eigenvalue weighted by Gasteiger charge is 2.29. The quantitative estimate of drug-likeness (QED) is 0.781. The number of rotatable bonds is 2. The molecular weight excluding hydrogens is 420 g/mol. The lowest BCUT2D eigenvalue weighted by Gasteiger charge is -2.36. The van der Waals surface area contributed by atoms with Crippen molar-refractivity contribution >= 4 is 46.7 Å². The largest absolute Gasteiger partial charge is 0.329 e. The van der Waals surface area contributed by atoms with E-state index in [-0.39, 0.29) is 42.6 Å². The van der Waals surface area contributed by atoms with Crippen molar-refractivity contribution in [3.05, 3.63) is 64.1 Å². The minimum absolute atomic E-state index is 0. The maximum absolute atomic E-state index is 13.5. The van der Waals surface area contributed by atoms with Gasteiger partial charge in [-0.2, -0.15) is 0 Å². The minimum atomic E-state index is -0.292. The minimum Gasteiger partial charge on any atom is -0.329 e. The number of pyridine rings is 1. The zero-order valence-corrected chi connectivity index (χ0v) is 15.8. The average molecular weight is 437 g/mol. The van der Waals surface area contributed by atoms with Crippen molar-refractivity contribution in [3.63, 3.8) is 0 Å². The van der Waals surface area contributed by atoms with E-state index in [1.807, 2.05) is 6.07 Å². The van der Waals surface area contributed by atoms with E-state index in [1.165, 1.54) is 12.1 Å². The van der Waals surface area contributed by atoms with E-state index < -0.39 is 0 Å². The van der Waals surface area contributed by atoms with Gasteiger partial charge in [0.05, 0.1) is 11.6 Å². The molecule has 130 valence electrons. The van der Waals surface area contributed by atoms with Crippen LogP contribution in [0.2, 0.25) is 0 Å². The molecule has 2 aromatic rings. The molecule has 8 heteroatoms. The molecule has 1 aliphatic rings. The maximum atomic E-state index is 13.5. The zero-order valence-electron chi connectivity index (χ0n) is 12.6. The van der Waals surface area contributed by atoms with Crippen molar-refractivity contribution in [2.45, 2.75) is 6.04 Å². The summed E-state index contributed by atoms with van der Waals surface area (Å²) in [5, 5.41) is 3.26. The topological polar surface area (TPSA) is 45.2 Å². The molecule has 3 rings (SSSR count). The van der Waals surface area contributed by atoms with Crippen LogP contribution in [0.1, 0.15) is 22.0 Å². The number of nitrogens with one attached hydrogen (secondary N) is 1. The van der Waals surface area contributed by atoms with Gasteiger partial charge in [0.15, 0.2) is 0 Å². The van der Waals surface area contributed by atoms with Crippen molar-refractivity contribution in [1.82, 2.24) is 15.2 Å². The summed E-state index contributed by atoms with van der Waals surface area (Å²) in [5.74, 6) is -0.385. The van der Waals surface area contributed by atoms with Crippen molar-refractivity contribution in [1.29, 1.82) is 0 Å². The van der Waals surface area contributed by atoms with Crippen LogP contribution in [0.3, 0.4) is 0 Å². The predicted octanol–water partition coefficient (Wildman–Crippen LogP) is 3.61. The molecule has 1 atom stereocenters. The highest BCUT2D eigenvalue weighted by atomic mass is 79.9. The highest BCUT2D eigenvalue weighted by Crippen LogP contribution is 2.25. The van der Waals surface area contributed by atoms with E-state index in [1.54, 1.807) is 29.4 Å². The van der Waals surface area contributed by atoms with Crippen LogP contribution in [0, 0.1) is 5.82 Å². The van der Waals surface area contributed by atoms with Gasteiger partial charge >= 0.3 is 0 Å². The van der Waals surface area contributed by atoms with Gasteiger partial charge in [0.2, 0.25) is 0 Å². The Bertz CT molecular complexity index is 705. The fraction of sp³-hybridized carbons (Fsp3) is 0.250. The number of aromatic nitrogens is 1. The molecule has 1 fully saturated rings. The zero-order chi connectivity index (χ0) is 15.5. The van der Waals surface area contributed by atoms with E-state index in [2.05, 4.69) is 26.2 Å². The van der Waals surface area contributed by atoms with E-state index in [0.29, 0.717) is 18.7 Å². The molecule has 1 aromatic heterocycles. The number of piperazine rings is 1. The Balaban J connectivity index is 0.00000144. The average Bonchev–Trinajstić information content (AvgIpc) is 2.54. The smallest absolute Gasteiger partial charge is 0.256 e. The molecule has 1 unspecified atom stereocenters. The SMILES string of the molecule is Cl.Cl.O=C(c1cncc(Br)c1)N1CCNCC1c1cccc(F)c1. The number of amides is 1. The highest BCUT2D eigenvalue weighted by molar-refractivity contribution is 9.10. The van der Waals surface area contributed by atoms with Crippen LogP contribution in [0.5, 0.6) is 0 Å². The third-order valence-electron chi connectivity index (χ3n) is 3.69. The maximum Gasteiger partial charge on any atom is 0.256 e. The van der Waals surface area contributed by atoms with Crippen LogP contribution in [0.25, 0.3) is 0 Å². The molecule has 1 aromatic carbocycles. The van der Waals surface area contributed by atoms with Gasteiger partial charge in [0, 0.05) is 36.5 Å². The lowest BCUT2D eigenvalue weighted by molar-refractivity contribution is 0.0633. The first kappa shape index (κ1) is 20.8. The first-order valence-corrected chi connectivity index (χ1v) is 7.82. The predicted molar refractivity (Wildman–Crippen MR) is 99.5 cm³/mol. The van der Waals surface area contributed by atoms with Gasteiger partial charge in [-0.3, -0.25) is 9.78 Å². The number of carbonyl (C=O) groups is 1.